The molecule has 0 saturated carbocycles. The lowest BCUT2D eigenvalue weighted by Gasteiger charge is -2.09. The molecule has 2 nitrogen and oxygen atoms in total. The Labute approximate surface area is 83.1 Å². The van der Waals surface area contributed by atoms with Crippen LogP contribution in [0.5, 0.6) is 0 Å². The van der Waals surface area contributed by atoms with E-state index < -0.39 is 0 Å². The zero-order chi connectivity index (χ0) is 9.94. The maximum atomic E-state index is 4.95. The first-order chi connectivity index (χ1) is 6.31. The van der Waals surface area contributed by atoms with Gasteiger partial charge in [-0.25, -0.2) is 0 Å². The molecule has 0 aliphatic carbocycles. The van der Waals surface area contributed by atoms with E-state index in [4.69, 9.17) is 4.74 Å². The van der Waals surface area contributed by atoms with E-state index in [1.807, 2.05) is 0 Å². The van der Waals surface area contributed by atoms with E-state index in [0.29, 0.717) is 0 Å². The van der Waals surface area contributed by atoms with Gasteiger partial charge in [-0.15, -0.1) is 0 Å². The van der Waals surface area contributed by atoms with Gasteiger partial charge in [-0.3, -0.25) is 0 Å². The molecule has 0 aromatic rings. The van der Waals surface area contributed by atoms with Crippen molar-refractivity contribution in [1.82, 2.24) is 5.32 Å². The average Bonchev–Trinajstić information content (AvgIpc) is 2.11. The number of hydrogen-bond donors (Lipinski definition) is 1. The van der Waals surface area contributed by atoms with E-state index in [2.05, 4.69) is 19.2 Å². The summed E-state index contributed by atoms with van der Waals surface area (Å²) in [6, 6.07) is 0. The Morgan fingerprint density at radius 3 is 2.62 bits per heavy atom. The molecule has 1 atom stereocenters. The second-order valence-corrected chi connectivity index (χ2v) is 3.78. The summed E-state index contributed by atoms with van der Waals surface area (Å²) in [7, 11) is 1.74. The van der Waals surface area contributed by atoms with Crippen molar-refractivity contribution < 1.29 is 4.74 Å². The number of nitrogens with one attached hydrogen (secondary N) is 1. The van der Waals surface area contributed by atoms with Gasteiger partial charge < -0.3 is 10.1 Å². The van der Waals surface area contributed by atoms with Crippen LogP contribution in [-0.4, -0.2) is 26.8 Å². The fourth-order valence-electron chi connectivity index (χ4n) is 1.51. The summed E-state index contributed by atoms with van der Waals surface area (Å²) in [6.45, 7) is 7.55. The number of hydrogen-bond acceptors (Lipinski definition) is 2. The second kappa shape index (κ2) is 10.0. The highest BCUT2D eigenvalue weighted by Crippen LogP contribution is 2.11. The van der Waals surface area contributed by atoms with Crippen molar-refractivity contribution in [2.75, 3.05) is 26.8 Å². The molecule has 0 rings (SSSR count). The minimum Gasteiger partial charge on any atom is -0.383 e. The Morgan fingerprint density at radius 2 is 2.00 bits per heavy atom. The number of methoxy groups -OCH3 is 1. The van der Waals surface area contributed by atoms with Gasteiger partial charge in [0.1, 0.15) is 0 Å². The van der Waals surface area contributed by atoms with Gasteiger partial charge in [0.05, 0.1) is 6.61 Å². The molecule has 0 aromatic heterocycles. The quantitative estimate of drug-likeness (QED) is 0.560. The summed E-state index contributed by atoms with van der Waals surface area (Å²) in [5.41, 5.74) is 0. The Balaban J connectivity index is 2.97. The predicted octanol–water partition coefficient (Wildman–Crippen LogP) is 2.44. The fraction of sp³-hybridized carbons (Fsp3) is 1.00. The van der Waals surface area contributed by atoms with Crippen molar-refractivity contribution in [2.24, 2.45) is 5.92 Å². The first kappa shape index (κ1) is 12.9. The molecule has 80 valence electrons. The largest absolute Gasteiger partial charge is 0.383 e. The zero-order valence-electron chi connectivity index (χ0n) is 9.44. The molecule has 0 heterocycles. The molecular formula is C11H25NO. The number of ether oxygens (including phenoxy) is 1. The smallest absolute Gasteiger partial charge is 0.0587 e. The first-order valence-electron chi connectivity index (χ1n) is 5.50. The van der Waals surface area contributed by atoms with Gasteiger partial charge in [0, 0.05) is 13.7 Å². The highest BCUT2D eigenvalue weighted by atomic mass is 16.5. The van der Waals surface area contributed by atoms with E-state index in [-0.39, 0.29) is 0 Å². The van der Waals surface area contributed by atoms with Crippen molar-refractivity contribution >= 4 is 0 Å². The lowest BCUT2D eigenvalue weighted by Crippen LogP contribution is -2.20. The molecule has 0 spiro atoms. The van der Waals surface area contributed by atoms with Crippen LogP contribution in [0.4, 0.5) is 0 Å². The SMILES string of the molecule is CCCC(C)CCCNCCOC. The highest BCUT2D eigenvalue weighted by Gasteiger charge is 1.99. The molecule has 1 unspecified atom stereocenters. The van der Waals surface area contributed by atoms with Crippen LogP contribution >= 0.6 is 0 Å². The Kier molecular flexibility index (Phi) is 9.94. The molecule has 0 radical (unpaired) electrons. The topological polar surface area (TPSA) is 21.3 Å². The van der Waals surface area contributed by atoms with Crippen LogP contribution in [0, 0.1) is 5.92 Å². The third-order valence-electron chi connectivity index (χ3n) is 2.31. The molecule has 0 aromatic carbocycles. The van der Waals surface area contributed by atoms with E-state index in [9.17, 15) is 0 Å². The summed E-state index contributed by atoms with van der Waals surface area (Å²) in [6.07, 6.45) is 5.34. The van der Waals surface area contributed by atoms with Gasteiger partial charge in [-0.1, -0.05) is 26.7 Å². The molecule has 2 heteroatoms. The van der Waals surface area contributed by atoms with Crippen molar-refractivity contribution in [1.29, 1.82) is 0 Å². The molecule has 1 N–H and O–H groups in total. The van der Waals surface area contributed by atoms with E-state index in [0.717, 1.165) is 25.6 Å². The third-order valence-corrected chi connectivity index (χ3v) is 2.31. The van der Waals surface area contributed by atoms with Gasteiger partial charge in [-0.05, 0) is 25.3 Å². The van der Waals surface area contributed by atoms with E-state index in [1.165, 1.54) is 25.7 Å². The van der Waals surface area contributed by atoms with Crippen molar-refractivity contribution in [3.63, 3.8) is 0 Å². The van der Waals surface area contributed by atoms with Crippen LogP contribution in [0.1, 0.15) is 39.5 Å². The van der Waals surface area contributed by atoms with Crippen LogP contribution in [-0.2, 0) is 4.74 Å². The third kappa shape index (κ3) is 9.84. The predicted molar refractivity (Wildman–Crippen MR) is 58.1 cm³/mol. The van der Waals surface area contributed by atoms with Gasteiger partial charge >= 0.3 is 0 Å². The molecule has 0 aliphatic heterocycles. The summed E-state index contributed by atoms with van der Waals surface area (Å²) in [5, 5.41) is 3.36. The van der Waals surface area contributed by atoms with Crippen molar-refractivity contribution in [3.8, 4) is 0 Å². The summed E-state index contributed by atoms with van der Waals surface area (Å²) < 4.78 is 4.95. The lowest BCUT2D eigenvalue weighted by atomic mass is 10.0. The van der Waals surface area contributed by atoms with Gasteiger partial charge in [-0.2, -0.15) is 0 Å². The Hall–Kier alpha value is -0.0800. The fourth-order valence-corrected chi connectivity index (χ4v) is 1.51. The molecule has 0 saturated heterocycles. The number of rotatable bonds is 9. The second-order valence-electron chi connectivity index (χ2n) is 3.78. The van der Waals surface area contributed by atoms with Crippen molar-refractivity contribution in [3.05, 3.63) is 0 Å². The zero-order valence-corrected chi connectivity index (χ0v) is 9.44. The van der Waals surface area contributed by atoms with E-state index in [1.54, 1.807) is 7.11 Å². The minimum absolute atomic E-state index is 0.824. The normalized spacial score (nSPS) is 13.2. The Bertz CT molecular complexity index is 96.1. The molecule has 0 amide bonds. The molecule has 0 bridgehead atoms. The minimum atomic E-state index is 0.824. The van der Waals surface area contributed by atoms with Crippen LogP contribution < -0.4 is 5.32 Å². The van der Waals surface area contributed by atoms with Gasteiger partial charge in [0.15, 0.2) is 0 Å². The molecular weight excluding hydrogens is 162 g/mol. The highest BCUT2D eigenvalue weighted by molar-refractivity contribution is 4.54. The first-order valence-corrected chi connectivity index (χ1v) is 5.50. The molecule has 0 aliphatic rings. The molecule has 13 heavy (non-hydrogen) atoms. The van der Waals surface area contributed by atoms with Gasteiger partial charge in [0.25, 0.3) is 0 Å². The van der Waals surface area contributed by atoms with Crippen LogP contribution in [0.15, 0.2) is 0 Å². The summed E-state index contributed by atoms with van der Waals surface area (Å²) in [4.78, 5) is 0. The maximum Gasteiger partial charge on any atom is 0.0587 e. The van der Waals surface area contributed by atoms with E-state index >= 15 is 0 Å². The Morgan fingerprint density at radius 1 is 1.23 bits per heavy atom. The maximum absolute atomic E-state index is 4.95. The van der Waals surface area contributed by atoms with Crippen LogP contribution in [0.2, 0.25) is 0 Å². The van der Waals surface area contributed by atoms with Crippen LogP contribution in [0.25, 0.3) is 0 Å². The monoisotopic (exact) mass is 187 g/mol. The molecule has 0 fully saturated rings. The standard InChI is InChI=1S/C11H25NO/c1-4-6-11(2)7-5-8-12-9-10-13-3/h11-12H,4-10H2,1-3H3. The van der Waals surface area contributed by atoms with Crippen molar-refractivity contribution in [2.45, 2.75) is 39.5 Å². The summed E-state index contributed by atoms with van der Waals surface area (Å²) in [5.74, 6) is 0.897. The summed E-state index contributed by atoms with van der Waals surface area (Å²) >= 11 is 0. The van der Waals surface area contributed by atoms with Gasteiger partial charge in [0.2, 0.25) is 0 Å². The lowest BCUT2D eigenvalue weighted by molar-refractivity contribution is 0.199. The van der Waals surface area contributed by atoms with Crippen LogP contribution in [0.3, 0.4) is 0 Å². The average molecular weight is 187 g/mol.